The highest BCUT2D eigenvalue weighted by Gasteiger charge is 1.91. The van der Waals surface area contributed by atoms with Crippen LogP contribution in [0.2, 0.25) is 0 Å². The molecule has 0 spiro atoms. The molecule has 0 atom stereocenters. The van der Waals surface area contributed by atoms with Crippen molar-refractivity contribution in [2.45, 2.75) is 38.5 Å². The van der Waals surface area contributed by atoms with E-state index in [1.165, 1.54) is 19.3 Å². The van der Waals surface area contributed by atoms with E-state index >= 15 is 0 Å². The molecule has 0 unspecified atom stereocenters. The first-order valence-corrected chi connectivity index (χ1v) is 5.56. The maximum Gasteiger partial charge on any atom is 0.0834 e. The van der Waals surface area contributed by atoms with Gasteiger partial charge < -0.3 is 11.5 Å². The molecule has 0 aromatic carbocycles. The second-order valence-corrected chi connectivity index (χ2v) is 3.34. The Balaban J connectivity index is 2.78. The summed E-state index contributed by atoms with van der Waals surface area (Å²) >= 11 is 0. The van der Waals surface area contributed by atoms with Gasteiger partial charge in [0, 0.05) is 0 Å². The van der Waals surface area contributed by atoms with Crippen LogP contribution in [0.3, 0.4) is 0 Å². The lowest BCUT2D eigenvalue weighted by Gasteiger charge is -2.03. The highest BCUT2D eigenvalue weighted by atomic mass is 17.2. The van der Waals surface area contributed by atoms with E-state index in [9.17, 15) is 0 Å². The second kappa shape index (κ2) is 12.8. The quantitative estimate of drug-likeness (QED) is 0.301. The van der Waals surface area contributed by atoms with E-state index in [-0.39, 0.29) is 0 Å². The van der Waals surface area contributed by atoms with E-state index in [0.29, 0.717) is 19.8 Å². The minimum Gasteiger partial charge on any atom is -0.330 e. The van der Waals surface area contributed by atoms with Crippen molar-refractivity contribution < 1.29 is 9.78 Å². The zero-order chi connectivity index (χ0) is 10.5. The maximum atomic E-state index is 5.38. The van der Waals surface area contributed by atoms with Crippen molar-refractivity contribution in [3.8, 4) is 0 Å². The third kappa shape index (κ3) is 11.8. The normalized spacial score (nSPS) is 10.7. The lowest BCUT2D eigenvalue weighted by Crippen LogP contribution is -2.05. The summed E-state index contributed by atoms with van der Waals surface area (Å²) in [5.74, 6) is 0. The Morgan fingerprint density at radius 2 is 1.07 bits per heavy atom. The third-order valence-corrected chi connectivity index (χ3v) is 1.95. The van der Waals surface area contributed by atoms with Crippen molar-refractivity contribution in [1.82, 2.24) is 0 Å². The fourth-order valence-electron chi connectivity index (χ4n) is 1.10. The zero-order valence-electron chi connectivity index (χ0n) is 9.04. The van der Waals surface area contributed by atoms with Gasteiger partial charge in [0.1, 0.15) is 0 Å². The molecule has 0 aliphatic carbocycles. The van der Waals surface area contributed by atoms with Crippen LogP contribution in [0.1, 0.15) is 38.5 Å². The summed E-state index contributed by atoms with van der Waals surface area (Å²) in [7, 11) is 0. The molecule has 4 nitrogen and oxygen atoms in total. The van der Waals surface area contributed by atoms with Gasteiger partial charge in [0.2, 0.25) is 0 Å². The van der Waals surface area contributed by atoms with Gasteiger partial charge in [-0.3, -0.25) is 0 Å². The standard InChI is InChI=1S/C10H24N2O2/c11-7-4-2-1-3-5-9-13-14-10-6-8-12/h1-12H2. The molecule has 0 aromatic rings. The first-order valence-electron chi connectivity index (χ1n) is 5.56. The van der Waals surface area contributed by atoms with Gasteiger partial charge in [0.25, 0.3) is 0 Å². The van der Waals surface area contributed by atoms with Crippen LogP contribution in [0, 0.1) is 0 Å². The smallest absolute Gasteiger partial charge is 0.0834 e. The topological polar surface area (TPSA) is 70.5 Å². The minimum absolute atomic E-state index is 0.601. The molecule has 0 bridgehead atoms. The average Bonchev–Trinajstić information content (AvgIpc) is 2.21. The number of nitrogens with two attached hydrogens (primary N) is 2. The van der Waals surface area contributed by atoms with Crippen molar-refractivity contribution >= 4 is 0 Å². The third-order valence-electron chi connectivity index (χ3n) is 1.95. The molecule has 0 heterocycles. The average molecular weight is 204 g/mol. The molecule has 0 fully saturated rings. The van der Waals surface area contributed by atoms with Crippen LogP contribution >= 0.6 is 0 Å². The van der Waals surface area contributed by atoms with Crippen LogP contribution < -0.4 is 11.5 Å². The Morgan fingerprint density at radius 1 is 0.571 bits per heavy atom. The molecule has 86 valence electrons. The lowest BCUT2D eigenvalue weighted by atomic mass is 10.1. The fraction of sp³-hybridized carbons (Fsp3) is 1.00. The molecular formula is C10H24N2O2. The fourth-order valence-corrected chi connectivity index (χ4v) is 1.10. The molecule has 4 heteroatoms. The van der Waals surface area contributed by atoms with Crippen LogP contribution in [0.4, 0.5) is 0 Å². The number of rotatable bonds is 11. The molecule has 0 aliphatic heterocycles. The van der Waals surface area contributed by atoms with Crippen LogP contribution in [0.25, 0.3) is 0 Å². The molecule has 0 radical (unpaired) electrons. The predicted molar refractivity (Wildman–Crippen MR) is 57.7 cm³/mol. The highest BCUT2D eigenvalue weighted by Crippen LogP contribution is 2.02. The van der Waals surface area contributed by atoms with Gasteiger partial charge in [0.15, 0.2) is 0 Å². The van der Waals surface area contributed by atoms with Crippen molar-refractivity contribution in [2.24, 2.45) is 11.5 Å². The molecule has 0 aromatic heterocycles. The van der Waals surface area contributed by atoms with E-state index in [0.717, 1.165) is 25.8 Å². The Morgan fingerprint density at radius 3 is 1.71 bits per heavy atom. The van der Waals surface area contributed by atoms with Gasteiger partial charge >= 0.3 is 0 Å². The van der Waals surface area contributed by atoms with E-state index in [1.807, 2.05) is 0 Å². The number of hydrogen-bond acceptors (Lipinski definition) is 4. The molecule has 14 heavy (non-hydrogen) atoms. The summed E-state index contributed by atoms with van der Waals surface area (Å²) in [5, 5.41) is 0. The molecule has 4 N–H and O–H groups in total. The van der Waals surface area contributed by atoms with Gasteiger partial charge in [-0.05, 0) is 32.4 Å². The van der Waals surface area contributed by atoms with Crippen molar-refractivity contribution in [1.29, 1.82) is 0 Å². The molecule has 0 aliphatic rings. The second-order valence-electron chi connectivity index (χ2n) is 3.34. The summed E-state index contributed by atoms with van der Waals surface area (Å²) in [5.41, 5.74) is 10.7. The van der Waals surface area contributed by atoms with Crippen LogP contribution in [0.5, 0.6) is 0 Å². The molecule has 0 saturated carbocycles. The Hall–Kier alpha value is -0.160. The first-order chi connectivity index (χ1) is 6.91. The predicted octanol–water partition coefficient (Wildman–Crippen LogP) is 1.19. The molecule has 0 rings (SSSR count). The van der Waals surface area contributed by atoms with Crippen LogP contribution in [-0.2, 0) is 9.78 Å². The van der Waals surface area contributed by atoms with Gasteiger partial charge in [-0.25, -0.2) is 9.78 Å². The van der Waals surface area contributed by atoms with Crippen LogP contribution in [-0.4, -0.2) is 26.3 Å². The van der Waals surface area contributed by atoms with Crippen molar-refractivity contribution in [3.63, 3.8) is 0 Å². The van der Waals surface area contributed by atoms with Gasteiger partial charge in [0.05, 0.1) is 13.2 Å². The summed E-state index contributed by atoms with van der Waals surface area (Å²) in [6, 6.07) is 0. The van der Waals surface area contributed by atoms with Crippen molar-refractivity contribution in [2.75, 3.05) is 26.3 Å². The van der Waals surface area contributed by atoms with E-state index < -0.39 is 0 Å². The summed E-state index contributed by atoms with van der Waals surface area (Å²) < 4.78 is 0. The minimum atomic E-state index is 0.601. The van der Waals surface area contributed by atoms with Crippen molar-refractivity contribution in [3.05, 3.63) is 0 Å². The summed E-state index contributed by atoms with van der Waals surface area (Å²) in [4.78, 5) is 9.86. The Bertz CT molecular complexity index is 90.1. The van der Waals surface area contributed by atoms with E-state index in [1.54, 1.807) is 0 Å². The zero-order valence-corrected chi connectivity index (χ0v) is 9.04. The lowest BCUT2D eigenvalue weighted by molar-refractivity contribution is -0.294. The SMILES string of the molecule is NCCCCCCCOOCCCN. The van der Waals surface area contributed by atoms with Gasteiger partial charge in [-0.2, -0.15) is 0 Å². The first kappa shape index (κ1) is 13.8. The van der Waals surface area contributed by atoms with Crippen LogP contribution in [0.15, 0.2) is 0 Å². The number of unbranched alkanes of at least 4 members (excludes halogenated alkanes) is 4. The van der Waals surface area contributed by atoms with E-state index in [2.05, 4.69) is 0 Å². The summed E-state index contributed by atoms with van der Waals surface area (Å²) in [6.07, 6.45) is 6.71. The Kier molecular flexibility index (Phi) is 12.7. The van der Waals surface area contributed by atoms with E-state index in [4.69, 9.17) is 21.2 Å². The molecule has 0 amide bonds. The Labute approximate surface area is 86.9 Å². The monoisotopic (exact) mass is 204 g/mol. The van der Waals surface area contributed by atoms with Gasteiger partial charge in [-0.1, -0.05) is 19.3 Å². The highest BCUT2D eigenvalue weighted by molar-refractivity contribution is 4.43. The molecule has 0 saturated heterocycles. The summed E-state index contributed by atoms with van der Waals surface area (Å²) in [6.45, 7) is 2.75. The van der Waals surface area contributed by atoms with Gasteiger partial charge in [-0.15, -0.1) is 0 Å². The largest absolute Gasteiger partial charge is 0.330 e. The molecular weight excluding hydrogens is 180 g/mol. The maximum absolute atomic E-state index is 5.38. The number of hydrogen-bond donors (Lipinski definition) is 2.